The highest BCUT2D eigenvalue weighted by atomic mass is 79.9. The van der Waals surface area contributed by atoms with Crippen LogP contribution in [0.15, 0.2) is 56.8 Å². The van der Waals surface area contributed by atoms with Crippen molar-refractivity contribution in [1.29, 1.82) is 0 Å². The molecule has 0 spiro atoms. The average molecular weight is 397 g/mol. The van der Waals surface area contributed by atoms with Crippen molar-refractivity contribution in [2.75, 3.05) is 0 Å². The lowest BCUT2D eigenvalue weighted by atomic mass is 10.1. The fourth-order valence-electron chi connectivity index (χ4n) is 1.49. The third-order valence-corrected chi connectivity index (χ3v) is 3.52. The molecule has 1 aromatic heterocycles. The van der Waals surface area contributed by atoms with Gasteiger partial charge in [0, 0.05) is 21.3 Å². The van der Waals surface area contributed by atoms with Crippen LogP contribution in [0.1, 0.15) is 22.8 Å². The summed E-state index contributed by atoms with van der Waals surface area (Å²) >= 11 is 6.64. The molecule has 2 aromatic rings. The normalized spacial score (nSPS) is 11.2. The molecule has 0 atom stereocenters. The van der Waals surface area contributed by atoms with Gasteiger partial charge in [0.15, 0.2) is 0 Å². The van der Waals surface area contributed by atoms with Gasteiger partial charge in [-0.1, -0.05) is 28.1 Å². The molecule has 2 rings (SSSR count). The van der Waals surface area contributed by atoms with Crippen LogP contribution in [0.25, 0.3) is 0 Å². The van der Waals surface area contributed by atoms with E-state index < -0.39 is 0 Å². The second kappa shape index (κ2) is 6.76. The monoisotopic (exact) mass is 395 g/mol. The summed E-state index contributed by atoms with van der Waals surface area (Å²) in [7, 11) is 0. The van der Waals surface area contributed by atoms with Crippen LogP contribution in [-0.4, -0.2) is 16.6 Å². The largest absolute Gasteiger partial charge is 0.272 e. The van der Waals surface area contributed by atoms with E-state index in [1.807, 2.05) is 31.2 Å². The zero-order valence-electron chi connectivity index (χ0n) is 10.6. The predicted molar refractivity (Wildman–Crippen MR) is 85.8 cm³/mol. The van der Waals surface area contributed by atoms with E-state index in [-0.39, 0.29) is 5.91 Å². The number of halogens is 2. The maximum absolute atomic E-state index is 11.9. The lowest BCUT2D eigenvalue weighted by molar-refractivity contribution is 0.0954. The van der Waals surface area contributed by atoms with Crippen LogP contribution in [0.2, 0.25) is 0 Å². The molecule has 0 aliphatic heterocycles. The lowest BCUT2D eigenvalue weighted by Crippen LogP contribution is -2.19. The Morgan fingerprint density at radius 3 is 2.45 bits per heavy atom. The molecule has 0 aliphatic rings. The summed E-state index contributed by atoms with van der Waals surface area (Å²) in [5.41, 5.74) is 4.64. The molecule has 0 saturated carbocycles. The molecule has 20 heavy (non-hydrogen) atoms. The molecule has 0 saturated heterocycles. The van der Waals surface area contributed by atoms with Crippen molar-refractivity contribution in [2.24, 2.45) is 5.10 Å². The van der Waals surface area contributed by atoms with E-state index in [1.165, 1.54) is 6.20 Å². The van der Waals surface area contributed by atoms with Gasteiger partial charge in [-0.2, -0.15) is 5.10 Å². The Morgan fingerprint density at radius 2 is 1.80 bits per heavy atom. The molecule has 1 amide bonds. The summed E-state index contributed by atoms with van der Waals surface area (Å²) in [5.74, 6) is -0.296. The van der Waals surface area contributed by atoms with Crippen molar-refractivity contribution >= 4 is 43.5 Å². The smallest absolute Gasteiger partial charge is 0.267 e. The van der Waals surface area contributed by atoms with Crippen LogP contribution in [0.3, 0.4) is 0 Å². The first-order valence-electron chi connectivity index (χ1n) is 5.77. The SMILES string of the molecule is C/C(=N\NC(=O)c1cncc(Br)c1)c1ccc(Br)cc1. The van der Waals surface area contributed by atoms with Gasteiger partial charge in [-0.05, 0) is 46.6 Å². The van der Waals surface area contributed by atoms with E-state index in [9.17, 15) is 4.79 Å². The molecule has 4 nitrogen and oxygen atoms in total. The molecule has 1 aromatic carbocycles. The highest BCUT2D eigenvalue weighted by Crippen LogP contribution is 2.11. The van der Waals surface area contributed by atoms with Crippen molar-refractivity contribution in [1.82, 2.24) is 10.4 Å². The molecule has 0 radical (unpaired) electrons. The predicted octanol–water partition coefficient (Wildman–Crippen LogP) is 3.76. The van der Waals surface area contributed by atoms with Gasteiger partial charge in [-0.25, -0.2) is 5.43 Å². The molecule has 1 N–H and O–H groups in total. The first kappa shape index (κ1) is 14.9. The fourth-order valence-corrected chi connectivity index (χ4v) is 2.12. The van der Waals surface area contributed by atoms with Crippen molar-refractivity contribution < 1.29 is 4.79 Å². The Labute approximate surface area is 133 Å². The van der Waals surface area contributed by atoms with E-state index in [4.69, 9.17) is 0 Å². The van der Waals surface area contributed by atoms with Crippen LogP contribution >= 0.6 is 31.9 Å². The van der Waals surface area contributed by atoms with E-state index in [0.29, 0.717) is 5.56 Å². The number of hydrazone groups is 1. The molecule has 1 heterocycles. The summed E-state index contributed by atoms with van der Waals surface area (Å²) < 4.78 is 1.75. The number of hydrogen-bond acceptors (Lipinski definition) is 3. The minimum atomic E-state index is -0.296. The zero-order valence-corrected chi connectivity index (χ0v) is 13.8. The topological polar surface area (TPSA) is 54.4 Å². The summed E-state index contributed by atoms with van der Waals surface area (Å²) in [5, 5.41) is 4.09. The van der Waals surface area contributed by atoms with E-state index in [2.05, 4.69) is 47.4 Å². The molecule has 0 aliphatic carbocycles. The van der Waals surface area contributed by atoms with Gasteiger partial charge in [0.05, 0.1) is 11.3 Å². The number of carbonyl (C=O) groups excluding carboxylic acids is 1. The van der Waals surface area contributed by atoms with E-state index in [0.717, 1.165) is 20.2 Å². The van der Waals surface area contributed by atoms with Crippen molar-refractivity contribution in [2.45, 2.75) is 6.92 Å². The van der Waals surface area contributed by atoms with Gasteiger partial charge in [0.2, 0.25) is 0 Å². The van der Waals surface area contributed by atoms with Crippen molar-refractivity contribution in [3.63, 3.8) is 0 Å². The second-order valence-corrected chi connectivity index (χ2v) is 5.87. The minimum Gasteiger partial charge on any atom is -0.267 e. The fraction of sp³-hybridized carbons (Fsp3) is 0.0714. The Hall–Kier alpha value is -1.53. The number of nitrogens with zero attached hydrogens (tertiary/aromatic N) is 2. The van der Waals surface area contributed by atoms with Gasteiger partial charge < -0.3 is 0 Å². The maximum Gasteiger partial charge on any atom is 0.272 e. The maximum atomic E-state index is 11.9. The van der Waals surface area contributed by atoms with Crippen molar-refractivity contribution in [3.8, 4) is 0 Å². The molecular weight excluding hydrogens is 386 g/mol. The summed E-state index contributed by atoms with van der Waals surface area (Å²) in [6, 6.07) is 9.39. The third-order valence-electron chi connectivity index (χ3n) is 2.55. The molecule has 0 unspecified atom stereocenters. The minimum absolute atomic E-state index is 0.296. The number of nitrogens with one attached hydrogen (secondary N) is 1. The Bertz CT molecular complexity index is 654. The summed E-state index contributed by atoms with van der Waals surface area (Å²) in [6.45, 7) is 1.84. The average Bonchev–Trinajstić information content (AvgIpc) is 2.45. The number of carbonyl (C=O) groups is 1. The number of pyridine rings is 1. The zero-order chi connectivity index (χ0) is 14.5. The Morgan fingerprint density at radius 1 is 1.10 bits per heavy atom. The van der Waals surface area contributed by atoms with Gasteiger partial charge >= 0.3 is 0 Å². The van der Waals surface area contributed by atoms with E-state index >= 15 is 0 Å². The summed E-state index contributed by atoms with van der Waals surface area (Å²) in [6.07, 6.45) is 3.11. The second-order valence-electron chi connectivity index (χ2n) is 4.04. The van der Waals surface area contributed by atoms with Crippen LogP contribution in [0.4, 0.5) is 0 Å². The number of hydrogen-bond donors (Lipinski definition) is 1. The van der Waals surface area contributed by atoms with Gasteiger partial charge in [0.1, 0.15) is 0 Å². The number of aromatic nitrogens is 1. The number of amides is 1. The Kier molecular flexibility index (Phi) is 5.03. The van der Waals surface area contributed by atoms with Gasteiger partial charge in [0.25, 0.3) is 5.91 Å². The van der Waals surface area contributed by atoms with Crippen LogP contribution < -0.4 is 5.43 Å². The summed E-state index contributed by atoms with van der Waals surface area (Å²) in [4.78, 5) is 15.8. The van der Waals surface area contributed by atoms with Gasteiger partial charge in [-0.15, -0.1) is 0 Å². The van der Waals surface area contributed by atoms with Crippen LogP contribution in [0, 0.1) is 0 Å². The highest BCUT2D eigenvalue weighted by molar-refractivity contribution is 9.10. The molecule has 6 heteroatoms. The molecule has 0 bridgehead atoms. The van der Waals surface area contributed by atoms with Crippen LogP contribution in [-0.2, 0) is 0 Å². The first-order valence-corrected chi connectivity index (χ1v) is 7.36. The van der Waals surface area contributed by atoms with E-state index in [1.54, 1.807) is 12.3 Å². The molecule has 102 valence electrons. The quantitative estimate of drug-likeness (QED) is 0.634. The highest BCUT2D eigenvalue weighted by Gasteiger charge is 2.06. The number of benzene rings is 1. The standard InChI is InChI=1S/C14H11Br2N3O/c1-9(10-2-4-12(15)5-3-10)18-19-14(20)11-6-13(16)8-17-7-11/h2-8H,1H3,(H,19,20)/b18-9+. The Balaban J connectivity index is 2.08. The first-order chi connectivity index (χ1) is 9.56. The molecular formula is C14H11Br2N3O. The number of rotatable bonds is 3. The third kappa shape index (κ3) is 3.98. The van der Waals surface area contributed by atoms with Crippen molar-refractivity contribution in [3.05, 3.63) is 62.8 Å². The lowest BCUT2D eigenvalue weighted by Gasteiger charge is -2.03. The molecule has 0 fully saturated rings. The van der Waals surface area contributed by atoms with Crippen LogP contribution in [0.5, 0.6) is 0 Å². The van der Waals surface area contributed by atoms with Gasteiger partial charge in [-0.3, -0.25) is 9.78 Å².